The maximum atomic E-state index is 12.5. The normalized spacial score (nSPS) is 10.6. The number of nitrogens with zero attached hydrogens (tertiary/aromatic N) is 1. The van der Waals surface area contributed by atoms with Crippen molar-refractivity contribution in [3.05, 3.63) is 76.6 Å². The van der Waals surface area contributed by atoms with Crippen LogP contribution in [0, 0.1) is 6.92 Å². The fourth-order valence-corrected chi connectivity index (χ4v) is 3.20. The van der Waals surface area contributed by atoms with E-state index in [0.29, 0.717) is 22.0 Å². The third kappa shape index (κ3) is 4.19. The number of nitrogens with one attached hydrogen (secondary N) is 1. The zero-order valence-electron chi connectivity index (χ0n) is 13.0. The predicted molar refractivity (Wildman–Crippen MR) is 96.6 cm³/mol. The molecule has 0 aliphatic rings. The van der Waals surface area contributed by atoms with E-state index < -0.39 is 0 Å². The van der Waals surface area contributed by atoms with E-state index in [1.165, 1.54) is 11.8 Å². The van der Waals surface area contributed by atoms with Gasteiger partial charge in [0, 0.05) is 21.7 Å². The van der Waals surface area contributed by atoms with Crippen LogP contribution >= 0.6 is 23.4 Å². The molecule has 3 rings (SSSR count). The van der Waals surface area contributed by atoms with Crippen LogP contribution in [-0.2, 0) is 5.75 Å². The Morgan fingerprint density at radius 2 is 1.96 bits per heavy atom. The highest BCUT2D eigenvalue weighted by atomic mass is 35.5. The molecule has 0 radical (unpaired) electrons. The molecule has 0 aliphatic carbocycles. The lowest BCUT2D eigenvalue weighted by Gasteiger charge is -2.09. The molecule has 1 amide bonds. The minimum atomic E-state index is -0.158. The Morgan fingerprint density at radius 3 is 2.67 bits per heavy atom. The number of hydrogen-bond acceptors (Lipinski definition) is 4. The summed E-state index contributed by atoms with van der Waals surface area (Å²) in [5, 5.41) is 7.38. The first-order valence-corrected chi connectivity index (χ1v) is 8.69. The van der Waals surface area contributed by atoms with Crippen LogP contribution in [0.5, 0.6) is 0 Å². The Kier molecular flexibility index (Phi) is 5.23. The maximum Gasteiger partial charge on any atom is 0.256 e. The van der Waals surface area contributed by atoms with Gasteiger partial charge in [0.1, 0.15) is 5.76 Å². The van der Waals surface area contributed by atoms with Gasteiger partial charge in [0.2, 0.25) is 0 Å². The van der Waals surface area contributed by atoms with Gasteiger partial charge in [0.05, 0.1) is 17.0 Å². The van der Waals surface area contributed by atoms with Crippen molar-refractivity contribution < 1.29 is 9.32 Å². The lowest BCUT2D eigenvalue weighted by atomic mass is 10.2. The average molecular weight is 359 g/mol. The second-order valence-electron chi connectivity index (χ2n) is 5.18. The van der Waals surface area contributed by atoms with Crippen LogP contribution in [0.2, 0.25) is 5.02 Å². The van der Waals surface area contributed by atoms with Gasteiger partial charge >= 0.3 is 0 Å². The lowest BCUT2D eigenvalue weighted by molar-refractivity contribution is 0.102. The zero-order valence-corrected chi connectivity index (χ0v) is 14.5. The number of benzene rings is 2. The zero-order chi connectivity index (χ0) is 16.9. The van der Waals surface area contributed by atoms with E-state index in [1.807, 2.05) is 31.2 Å². The van der Waals surface area contributed by atoms with Gasteiger partial charge in [-0.1, -0.05) is 28.9 Å². The lowest BCUT2D eigenvalue weighted by Crippen LogP contribution is -2.12. The largest absolute Gasteiger partial charge is 0.360 e. The van der Waals surface area contributed by atoms with Crippen molar-refractivity contribution in [2.45, 2.75) is 17.6 Å². The van der Waals surface area contributed by atoms with Gasteiger partial charge in [0.25, 0.3) is 5.91 Å². The fraction of sp³-hybridized carbons (Fsp3) is 0.111. The first kappa shape index (κ1) is 16.6. The number of rotatable bonds is 5. The van der Waals surface area contributed by atoms with Gasteiger partial charge in [-0.05, 0) is 43.3 Å². The molecule has 0 unspecified atom stereocenters. The van der Waals surface area contributed by atoms with Crippen LogP contribution in [0.3, 0.4) is 0 Å². The summed E-state index contributed by atoms with van der Waals surface area (Å²) in [4.78, 5) is 13.4. The Labute approximate surface area is 149 Å². The van der Waals surface area contributed by atoms with Gasteiger partial charge < -0.3 is 9.84 Å². The summed E-state index contributed by atoms with van der Waals surface area (Å²) in [5.74, 6) is 1.24. The van der Waals surface area contributed by atoms with Crippen molar-refractivity contribution in [2.75, 3.05) is 5.32 Å². The topological polar surface area (TPSA) is 55.1 Å². The second kappa shape index (κ2) is 7.55. The molecule has 1 heterocycles. The first-order valence-electron chi connectivity index (χ1n) is 7.33. The molecule has 24 heavy (non-hydrogen) atoms. The molecule has 122 valence electrons. The van der Waals surface area contributed by atoms with Crippen molar-refractivity contribution in [3.63, 3.8) is 0 Å². The number of hydrogen-bond donors (Lipinski definition) is 1. The monoisotopic (exact) mass is 358 g/mol. The Morgan fingerprint density at radius 1 is 1.21 bits per heavy atom. The molecule has 0 spiro atoms. The third-order valence-electron chi connectivity index (χ3n) is 3.28. The minimum Gasteiger partial charge on any atom is -0.360 e. The highest BCUT2D eigenvalue weighted by molar-refractivity contribution is 7.98. The van der Waals surface area contributed by atoms with Crippen molar-refractivity contribution >= 4 is 35.0 Å². The molecule has 0 saturated heterocycles. The molecule has 0 aliphatic heterocycles. The molecule has 0 atom stereocenters. The average Bonchev–Trinajstić information content (AvgIpc) is 3.01. The van der Waals surface area contributed by atoms with E-state index in [4.69, 9.17) is 16.1 Å². The maximum absolute atomic E-state index is 12.5. The van der Waals surface area contributed by atoms with Crippen molar-refractivity contribution in [3.8, 4) is 0 Å². The van der Waals surface area contributed by atoms with Crippen LogP contribution in [0.4, 0.5) is 5.69 Å². The minimum absolute atomic E-state index is 0.158. The van der Waals surface area contributed by atoms with Crippen molar-refractivity contribution in [1.82, 2.24) is 5.16 Å². The van der Waals surface area contributed by atoms with E-state index in [1.54, 1.807) is 30.3 Å². The highest BCUT2D eigenvalue weighted by Crippen LogP contribution is 2.27. The summed E-state index contributed by atoms with van der Waals surface area (Å²) in [6, 6.07) is 16.4. The smallest absolute Gasteiger partial charge is 0.256 e. The molecular formula is C18H15ClN2O2S. The number of thioether (sulfide) groups is 1. The molecule has 0 fully saturated rings. The van der Waals surface area contributed by atoms with E-state index in [9.17, 15) is 4.79 Å². The van der Waals surface area contributed by atoms with Crippen LogP contribution < -0.4 is 5.32 Å². The fourth-order valence-electron chi connectivity index (χ4n) is 2.14. The Bertz CT molecular complexity index is 846. The number of aromatic nitrogens is 1. The van der Waals surface area contributed by atoms with Crippen LogP contribution in [0.15, 0.2) is 64.0 Å². The van der Waals surface area contributed by atoms with Gasteiger partial charge in [-0.2, -0.15) is 0 Å². The first-order chi connectivity index (χ1) is 11.6. The van der Waals surface area contributed by atoms with Crippen LogP contribution in [0.1, 0.15) is 21.8 Å². The molecular weight excluding hydrogens is 344 g/mol. The van der Waals surface area contributed by atoms with Gasteiger partial charge in [-0.25, -0.2) is 0 Å². The molecule has 1 aromatic heterocycles. The number of halogens is 1. The molecule has 1 N–H and O–H groups in total. The predicted octanol–water partition coefficient (Wildman–Crippen LogP) is 5.18. The van der Waals surface area contributed by atoms with Crippen molar-refractivity contribution in [2.24, 2.45) is 0 Å². The molecule has 4 nitrogen and oxygen atoms in total. The standard InChI is InChI=1S/C18H15ClN2O2S/c1-12-10-15(23-21-12)11-24-17-5-3-2-4-16(17)18(22)20-14-8-6-13(19)7-9-14/h2-10H,11H2,1H3,(H,20,22). The number of carbonyl (C=O) groups is 1. The quantitative estimate of drug-likeness (QED) is 0.638. The van der Waals surface area contributed by atoms with Gasteiger partial charge in [0.15, 0.2) is 0 Å². The van der Waals surface area contributed by atoms with Crippen LogP contribution in [-0.4, -0.2) is 11.1 Å². The Balaban J connectivity index is 1.72. The molecule has 0 bridgehead atoms. The van der Waals surface area contributed by atoms with E-state index >= 15 is 0 Å². The van der Waals surface area contributed by atoms with E-state index in [2.05, 4.69) is 10.5 Å². The summed E-state index contributed by atoms with van der Waals surface area (Å²) in [7, 11) is 0. The third-order valence-corrected chi connectivity index (χ3v) is 4.63. The highest BCUT2D eigenvalue weighted by Gasteiger charge is 2.12. The number of carbonyl (C=O) groups excluding carboxylic acids is 1. The number of anilines is 1. The van der Waals surface area contributed by atoms with Gasteiger partial charge in [-0.3, -0.25) is 4.79 Å². The van der Waals surface area contributed by atoms with Crippen LogP contribution in [0.25, 0.3) is 0 Å². The number of amides is 1. The SMILES string of the molecule is Cc1cc(CSc2ccccc2C(=O)Nc2ccc(Cl)cc2)on1. The summed E-state index contributed by atoms with van der Waals surface area (Å²) in [6.45, 7) is 1.88. The van der Waals surface area contributed by atoms with E-state index in [-0.39, 0.29) is 5.91 Å². The Hall–Kier alpha value is -2.24. The van der Waals surface area contributed by atoms with Gasteiger partial charge in [-0.15, -0.1) is 11.8 Å². The molecule has 2 aromatic carbocycles. The number of aryl methyl sites for hydroxylation is 1. The van der Waals surface area contributed by atoms with Crippen molar-refractivity contribution in [1.29, 1.82) is 0 Å². The summed E-state index contributed by atoms with van der Waals surface area (Å²) in [6.07, 6.45) is 0. The second-order valence-corrected chi connectivity index (χ2v) is 6.63. The van der Waals surface area contributed by atoms with E-state index in [0.717, 1.165) is 16.3 Å². The summed E-state index contributed by atoms with van der Waals surface area (Å²) >= 11 is 7.40. The summed E-state index contributed by atoms with van der Waals surface area (Å²) < 4.78 is 5.21. The summed E-state index contributed by atoms with van der Waals surface area (Å²) in [5.41, 5.74) is 2.17. The molecule has 3 aromatic rings. The molecule has 0 saturated carbocycles. The molecule has 6 heteroatoms.